The zero-order chi connectivity index (χ0) is 29.4. The standard InChI is InChI=1S/C26H26N6S.2C2H4O2/c27-26-30-10-7-25(31-26)32(16-17-5-8-28-9-6-17)20-11-19-14-29-15-22(19)21(13-20)24-12-18-3-1-2-4-23(18)33-24;2*1-2(3)4/h1-4,7,10-14,17,28H,5-6,8-9,15-16H2,(H2,27,30,31);2*1H3,(H,3,4). The largest absolute Gasteiger partial charge is 0.481 e. The van der Waals surface area contributed by atoms with E-state index in [-0.39, 0.29) is 0 Å². The number of carbonyl (C=O) groups is 2. The lowest BCUT2D eigenvalue weighted by Crippen LogP contribution is -2.34. The number of aromatic nitrogens is 2. The number of hydrogen-bond donors (Lipinski definition) is 4. The van der Waals surface area contributed by atoms with Crippen LogP contribution < -0.4 is 16.0 Å². The SMILES string of the molecule is CC(=O)O.CC(=O)O.Nc1nccc(N(CC2CCNCC2)c2cc3c(c(-c4cc5ccccc5s4)c2)CN=C3)n1. The molecule has 1 saturated heterocycles. The minimum atomic E-state index is -0.833. The summed E-state index contributed by atoms with van der Waals surface area (Å²) in [6.45, 7) is 5.93. The number of hydrogen-bond acceptors (Lipinski definition) is 9. The fourth-order valence-corrected chi connectivity index (χ4v) is 5.97. The van der Waals surface area contributed by atoms with Crippen LogP contribution in [-0.4, -0.2) is 58.0 Å². The Kier molecular flexibility index (Phi) is 9.99. The summed E-state index contributed by atoms with van der Waals surface area (Å²) in [6, 6.07) is 17.4. The smallest absolute Gasteiger partial charge is 0.300 e. The van der Waals surface area contributed by atoms with Gasteiger partial charge in [-0.1, -0.05) is 18.2 Å². The lowest BCUT2D eigenvalue weighted by molar-refractivity contribution is -0.135. The third-order valence-corrected chi connectivity index (χ3v) is 7.74. The highest BCUT2D eigenvalue weighted by molar-refractivity contribution is 7.22. The molecule has 2 aromatic carbocycles. The highest BCUT2D eigenvalue weighted by atomic mass is 32.1. The predicted octanol–water partition coefficient (Wildman–Crippen LogP) is 5.19. The van der Waals surface area contributed by atoms with E-state index in [0.29, 0.717) is 11.9 Å². The van der Waals surface area contributed by atoms with Crippen LogP contribution in [0.2, 0.25) is 0 Å². The lowest BCUT2D eigenvalue weighted by atomic mass is 9.96. The predicted molar refractivity (Wildman–Crippen MR) is 164 cm³/mol. The van der Waals surface area contributed by atoms with Gasteiger partial charge in [-0.25, -0.2) is 4.98 Å². The molecule has 2 aromatic heterocycles. The van der Waals surface area contributed by atoms with Crippen molar-refractivity contribution in [3.8, 4) is 10.4 Å². The minimum absolute atomic E-state index is 0.301. The Hall–Kier alpha value is -4.35. The fraction of sp³-hybridized carbons (Fsp3) is 0.300. The molecule has 0 amide bonds. The van der Waals surface area contributed by atoms with E-state index in [1.807, 2.05) is 23.6 Å². The van der Waals surface area contributed by atoms with Gasteiger partial charge < -0.3 is 26.2 Å². The van der Waals surface area contributed by atoms with Crippen molar-refractivity contribution in [1.29, 1.82) is 0 Å². The molecule has 5 N–H and O–H groups in total. The summed E-state index contributed by atoms with van der Waals surface area (Å²) in [4.78, 5) is 34.9. The first-order valence-electron chi connectivity index (χ1n) is 13.3. The van der Waals surface area contributed by atoms with Crippen molar-refractivity contribution in [2.45, 2.75) is 33.2 Å². The summed E-state index contributed by atoms with van der Waals surface area (Å²) in [6.07, 6.45) is 6.07. The molecule has 0 spiro atoms. The first-order chi connectivity index (χ1) is 19.7. The molecule has 2 aliphatic rings. The third-order valence-electron chi connectivity index (χ3n) is 6.59. The number of aliphatic carboxylic acids is 2. The van der Waals surface area contributed by atoms with E-state index in [9.17, 15) is 0 Å². The van der Waals surface area contributed by atoms with Crippen LogP contribution in [0.15, 0.2) is 59.7 Å². The van der Waals surface area contributed by atoms with Gasteiger partial charge in [0.2, 0.25) is 5.95 Å². The monoisotopic (exact) mass is 574 g/mol. The van der Waals surface area contributed by atoms with Gasteiger partial charge in [0.1, 0.15) is 5.82 Å². The Morgan fingerprint density at radius 3 is 2.46 bits per heavy atom. The van der Waals surface area contributed by atoms with Crippen molar-refractivity contribution in [3.63, 3.8) is 0 Å². The van der Waals surface area contributed by atoms with E-state index in [0.717, 1.165) is 64.4 Å². The second-order valence-electron chi connectivity index (χ2n) is 9.79. The van der Waals surface area contributed by atoms with Crippen molar-refractivity contribution >= 4 is 57.0 Å². The second kappa shape index (κ2) is 13.8. The van der Waals surface area contributed by atoms with Gasteiger partial charge in [0.05, 0.1) is 6.54 Å². The summed E-state index contributed by atoms with van der Waals surface area (Å²) >= 11 is 1.84. The molecule has 0 aliphatic carbocycles. The van der Waals surface area contributed by atoms with Crippen LogP contribution in [0.25, 0.3) is 20.5 Å². The van der Waals surface area contributed by atoms with Crippen molar-refractivity contribution in [1.82, 2.24) is 15.3 Å². The zero-order valence-corrected chi connectivity index (χ0v) is 23.9. The van der Waals surface area contributed by atoms with Crippen LogP contribution in [0.5, 0.6) is 0 Å². The molecule has 41 heavy (non-hydrogen) atoms. The molecule has 214 valence electrons. The van der Waals surface area contributed by atoms with Gasteiger partial charge in [-0.3, -0.25) is 14.6 Å². The second-order valence-corrected chi connectivity index (χ2v) is 10.9. The molecule has 6 rings (SSSR count). The van der Waals surface area contributed by atoms with Crippen LogP contribution in [0, 0.1) is 5.92 Å². The van der Waals surface area contributed by atoms with Crippen molar-refractivity contribution in [3.05, 3.63) is 65.9 Å². The Bertz CT molecular complexity index is 1490. The molecule has 0 atom stereocenters. The number of carboxylic acid groups (broad SMARTS) is 2. The van der Waals surface area contributed by atoms with Gasteiger partial charge >= 0.3 is 0 Å². The van der Waals surface area contributed by atoms with Crippen LogP contribution in [0.1, 0.15) is 37.8 Å². The maximum absolute atomic E-state index is 9.00. The van der Waals surface area contributed by atoms with E-state index in [1.165, 1.54) is 31.7 Å². The molecule has 0 radical (unpaired) electrons. The summed E-state index contributed by atoms with van der Waals surface area (Å²) in [5.74, 6) is 0.0746. The van der Waals surface area contributed by atoms with Crippen LogP contribution in [-0.2, 0) is 16.1 Å². The molecular formula is C30H34N6O4S. The first kappa shape index (κ1) is 29.6. The quantitative estimate of drug-likeness (QED) is 0.252. The van der Waals surface area contributed by atoms with Crippen molar-refractivity contribution < 1.29 is 19.8 Å². The highest BCUT2D eigenvalue weighted by Gasteiger charge is 2.23. The lowest BCUT2D eigenvalue weighted by Gasteiger charge is -2.31. The minimum Gasteiger partial charge on any atom is -0.481 e. The van der Waals surface area contributed by atoms with Gasteiger partial charge in [0, 0.05) is 53.6 Å². The number of thiophene rings is 1. The fourth-order valence-electron chi connectivity index (χ4n) is 4.86. The molecule has 0 bridgehead atoms. The number of nitrogen functional groups attached to an aromatic ring is 1. The Labute approximate surface area is 242 Å². The first-order valence-corrected chi connectivity index (χ1v) is 14.1. The van der Waals surface area contributed by atoms with Gasteiger partial charge in [0.25, 0.3) is 11.9 Å². The Balaban J connectivity index is 0.000000432. The number of aliphatic imine (C=N–C) groups is 1. The van der Waals surface area contributed by atoms with Gasteiger partial charge in [-0.2, -0.15) is 4.98 Å². The van der Waals surface area contributed by atoms with E-state index in [4.69, 9.17) is 25.5 Å². The molecule has 4 heterocycles. The van der Waals surface area contributed by atoms with E-state index in [2.05, 4.69) is 67.6 Å². The number of nitrogens with zero attached hydrogens (tertiary/aromatic N) is 4. The summed E-state index contributed by atoms with van der Waals surface area (Å²) in [5.41, 5.74) is 10.9. The summed E-state index contributed by atoms with van der Waals surface area (Å²) < 4.78 is 1.31. The molecule has 11 heteroatoms. The van der Waals surface area contributed by atoms with Crippen LogP contribution in [0.4, 0.5) is 17.5 Å². The van der Waals surface area contributed by atoms with Gasteiger partial charge in [0.15, 0.2) is 0 Å². The van der Waals surface area contributed by atoms with Gasteiger partial charge in [-0.05, 0) is 78.7 Å². The van der Waals surface area contributed by atoms with Crippen LogP contribution in [0.3, 0.4) is 0 Å². The summed E-state index contributed by atoms with van der Waals surface area (Å²) in [5, 5.41) is 19.6. The van der Waals surface area contributed by atoms with Crippen LogP contribution >= 0.6 is 11.3 Å². The number of benzene rings is 2. The normalized spacial score (nSPS) is 13.9. The molecule has 10 nitrogen and oxygen atoms in total. The number of rotatable bonds is 5. The van der Waals surface area contributed by atoms with E-state index in [1.54, 1.807) is 6.20 Å². The average Bonchev–Trinajstić information content (AvgIpc) is 3.58. The molecule has 2 aliphatic heterocycles. The van der Waals surface area contributed by atoms with E-state index >= 15 is 0 Å². The average molecular weight is 575 g/mol. The molecule has 0 unspecified atom stereocenters. The number of piperidine rings is 1. The van der Waals surface area contributed by atoms with Gasteiger partial charge in [-0.15, -0.1) is 11.3 Å². The number of fused-ring (bicyclic) bond motifs is 2. The molecule has 1 fully saturated rings. The topological polar surface area (TPSA) is 154 Å². The Morgan fingerprint density at radius 1 is 1.07 bits per heavy atom. The highest BCUT2D eigenvalue weighted by Crippen LogP contribution is 2.41. The number of anilines is 3. The zero-order valence-electron chi connectivity index (χ0n) is 23.1. The molecular weight excluding hydrogens is 540 g/mol. The number of nitrogens with one attached hydrogen (secondary N) is 1. The Morgan fingerprint density at radius 2 is 1.78 bits per heavy atom. The third kappa shape index (κ3) is 8.09. The maximum Gasteiger partial charge on any atom is 0.300 e. The molecule has 4 aromatic rings. The summed E-state index contributed by atoms with van der Waals surface area (Å²) in [7, 11) is 0. The molecule has 0 saturated carbocycles. The maximum atomic E-state index is 9.00. The van der Waals surface area contributed by atoms with Crippen molar-refractivity contribution in [2.75, 3.05) is 30.3 Å². The van der Waals surface area contributed by atoms with E-state index < -0.39 is 11.9 Å². The van der Waals surface area contributed by atoms with Crippen molar-refractivity contribution in [2.24, 2.45) is 10.9 Å². The number of carboxylic acids is 2. The number of nitrogens with two attached hydrogens (primary N) is 1.